The minimum Gasteiger partial charge on any atom is -0.336 e. The van der Waals surface area contributed by atoms with Crippen LogP contribution in [0.2, 0.25) is 0 Å². The topological polar surface area (TPSA) is 57.7 Å². The molecule has 0 spiro atoms. The molecule has 0 aliphatic carbocycles. The highest BCUT2D eigenvalue weighted by atomic mass is 79.9. The van der Waals surface area contributed by atoms with Gasteiger partial charge in [-0.05, 0) is 46.3 Å². The molecule has 1 aliphatic rings. The van der Waals surface area contributed by atoms with Crippen LogP contribution in [-0.4, -0.2) is 49.7 Å². The first-order valence-electron chi connectivity index (χ1n) is 7.89. The summed E-state index contributed by atoms with van der Waals surface area (Å²) in [6, 6.07) is 6.24. The molecule has 27 heavy (non-hydrogen) atoms. The summed E-state index contributed by atoms with van der Waals surface area (Å²) in [6.45, 7) is 0.0327. The summed E-state index contributed by atoms with van der Waals surface area (Å²) < 4.78 is 66.8. The molecule has 1 heterocycles. The molecule has 0 aromatic heterocycles. The molecule has 3 rings (SSSR count). The predicted octanol–water partition coefficient (Wildman–Crippen LogP) is 3.01. The van der Waals surface area contributed by atoms with Gasteiger partial charge in [0.25, 0.3) is 5.91 Å². The number of amides is 1. The van der Waals surface area contributed by atoms with Crippen LogP contribution in [0.3, 0.4) is 0 Å². The predicted molar refractivity (Wildman–Crippen MR) is 95.1 cm³/mol. The van der Waals surface area contributed by atoms with Crippen molar-refractivity contribution in [2.24, 2.45) is 0 Å². The largest absolute Gasteiger partial charge is 0.336 e. The molecular formula is C17H14BrF3N2O3S. The van der Waals surface area contributed by atoms with Crippen LogP contribution in [0.4, 0.5) is 13.2 Å². The maximum atomic E-state index is 13.8. The lowest BCUT2D eigenvalue weighted by Gasteiger charge is -2.34. The van der Waals surface area contributed by atoms with Gasteiger partial charge in [-0.3, -0.25) is 4.79 Å². The summed E-state index contributed by atoms with van der Waals surface area (Å²) >= 11 is 3.01. The second-order valence-corrected chi connectivity index (χ2v) is 8.66. The van der Waals surface area contributed by atoms with E-state index in [1.807, 2.05) is 0 Å². The summed E-state index contributed by atoms with van der Waals surface area (Å²) in [5, 5.41) is 0. The van der Waals surface area contributed by atoms with Gasteiger partial charge in [-0.25, -0.2) is 21.6 Å². The number of carbonyl (C=O) groups excluding carboxylic acids is 1. The lowest BCUT2D eigenvalue weighted by Crippen LogP contribution is -2.50. The quantitative estimate of drug-likeness (QED) is 0.704. The molecule has 0 bridgehead atoms. The zero-order valence-electron chi connectivity index (χ0n) is 13.8. The summed E-state index contributed by atoms with van der Waals surface area (Å²) in [4.78, 5) is 13.2. The lowest BCUT2D eigenvalue weighted by molar-refractivity contribution is 0.0697. The fraction of sp³-hybridized carbons (Fsp3) is 0.235. The second kappa shape index (κ2) is 7.61. The monoisotopic (exact) mass is 462 g/mol. The highest BCUT2D eigenvalue weighted by molar-refractivity contribution is 9.10. The van der Waals surface area contributed by atoms with Crippen LogP contribution >= 0.6 is 15.9 Å². The first-order chi connectivity index (χ1) is 12.7. The van der Waals surface area contributed by atoms with Crippen molar-refractivity contribution >= 4 is 31.9 Å². The SMILES string of the molecule is O=C(c1ccc(Br)c(F)c1)N1CCN(S(=O)(=O)c2ccc(F)cc2F)CC1. The van der Waals surface area contributed by atoms with E-state index >= 15 is 0 Å². The number of halogens is 4. The first kappa shape index (κ1) is 19.8. The molecular weight excluding hydrogens is 449 g/mol. The zero-order valence-corrected chi connectivity index (χ0v) is 16.2. The van der Waals surface area contributed by atoms with E-state index < -0.39 is 38.3 Å². The Morgan fingerprint density at radius 3 is 2.19 bits per heavy atom. The van der Waals surface area contributed by atoms with E-state index in [9.17, 15) is 26.4 Å². The number of hydrogen-bond acceptors (Lipinski definition) is 3. The Morgan fingerprint density at radius 2 is 1.59 bits per heavy atom. The number of piperazine rings is 1. The maximum absolute atomic E-state index is 13.8. The molecule has 2 aromatic rings. The van der Waals surface area contributed by atoms with Crippen LogP contribution < -0.4 is 0 Å². The molecule has 10 heteroatoms. The normalized spacial score (nSPS) is 15.8. The van der Waals surface area contributed by atoms with Crippen LogP contribution in [0.15, 0.2) is 45.8 Å². The Bertz CT molecular complexity index is 993. The highest BCUT2D eigenvalue weighted by Gasteiger charge is 2.32. The van der Waals surface area contributed by atoms with Crippen molar-refractivity contribution in [2.75, 3.05) is 26.2 Å². The van der Waals surface area contributed by atoms with Gasteiger partial charge in [-0.2, -0.15) is 4.31 Å². The minimum absolute atomic E-state index is 0.0517. The molecule has 144 valence electrons. The third-order valence-electron chi connectivity index (χ3n) is 4.20. The number of nitrogens with zero attached hydrogens (tertiary/aromatic N) is 2. The van der Waals surface area contributed by atoms with Gasteiger partial charge in [-0.15, -0.1) is 0 Å². The van der Waals surface area contributed by atoms with Crippen LogP contribution in [0.25, 0.3) is 0 Å². The fourth-order valence-electron chi connectivity index (χ4n) is 2.77. The van der Waals surface area contributed by atoms with Gasteiger partial charge in [0.15, 0.2) is 0 Å². The fourth-order valence-corrected chi connectivity index (χ4v) is 4.48. The number of carbonyl (C=O) groups is 1. The zero-order chi connectivity index (χ0) is 19.8. The Kier molecular flexibility index (Phi) is 5.59. The van der Waals surface area contributed by atoms with E-state index in [1.165, 1.54) is 17.0 Å². The van der Waals surface area contributed by atoms with Crippen molar-refractivity contribution in [1.29, 1.82) is 0 Å². The van der Waals surface area contributed by atoms with Crippen LogP contribution in [0.5, 0.6) is 0 Å². The van der Waals surface area contributed by atoms with Gasteiger partial charge in [0.1, 0.15) is 22.3 Å². The van der Waals surface area contributed by atoms with Gasteiger partial charge in [-0.1, -0.05) is 0 Å². The molecule has 0 N–H and O–H groups in total. The average molecular weight is 463 g/mol. The summed E-state index contributed by atoms with van der Waals surface area (Å²) in [5.74, 6) is -3.04. The third kappa shape index (κ3) is 4.02. The van der Waals surface area contributed by atoms with Crippen LogP contribution in [0.1, 0.15) is 10.4 Å². The Hall–Kier alpha value is -1.91. The van der Waals surface area contributed by atoms with Crippen molar-refractivity contribution in [1.82, 2.24) is 9.21 Å². The van der Waals surface area contributed by atoms with Gasteiger partial charge in [0, 0.05) is 37.8 Å². The standard InChI is InChI=1S/C17H14BrF3N2O3S/c18-13-3-1-11(9-14(13)20)17(24)22-5-7-23(8-6-22)27(25,26)16-4-2-12(19)10-15(16)21/h1-4,9-10H,5-8H2. The number of rotatable bonds is 3. The van der Waals surface area contributed by atoms with E-state index in [1.54, 1.807) is 0 Å². The molecule has 1 aliphatic heterocycles. The molecule has 2 aromatic carbocycles. The summed E-state index contributed by atoms with van der Waals surface area (Å²) in [6.07, 6.45) is 0. The summed E-state index contributed by atoms with van der Waals surface area (Å²) in [5.41, 5.74) is 0.150. The van der Waals surface area contributed by atoms with Crippen molar-refractivity contribution in [3.05, 3.63) is 63.9 Å². The number of hydrogen-bond donors (Lipinski definition) is 0. The van der Waals surface area contributed by atoms with Crippen LogP contribution in [0, 0.1) is 17.5 Å². The van der Waals surface area contributed by atoms with Crippen molar-refractivity contribution in [2.45, 2.75) is 4.90 Å². The van der Waals surface area contributed by atoms with Gasteiger partial charge >= 0.3 is 0 Å². The van der Waals surface area contributed by atoms with E-state index in [-0.39, 0.29) is 36.2 Å². The van der Waals surface area contributed by atoms with E-state index in [2.05, 4.69) is 15.9 Å². The third-order valence-corrected chi connectivity index (χ3v) is 6.78. The number of benzene rings is 2. The molecule has 0 unspecified atom stereocenters. The molecule has 0 radical (unpaired) electrons. The minimum atomic E-state index is -4.15. The lowest BCUT2D eigenvalue weighted by atomic mass is 10.2. The molecule has 5 nitrogen and oxygen atoms in total. The van der Waals surface area contributed by atoms with E-state index in [0.717, 1.165) is 22.5 Å². The number of sulfonamides is 1. The van der Waals surface area contributed by atoms with Crippen molar-refractivity contribution < 1.29 is 26.4 Å². The Balaban J connectivity index is 1.72. The summed E-state index contributed by atoms with van der Waals surface area (Å²) in [7, 11) is -4.15. The molecule has 1 amide bonds. The van der Waals surface area contributed by atoms with Gasteiger partial charge in [0.2, 0.25) is 10.0 Å². The van der Waals surface area contributed by atoms with E-state index in [4.69, 9.17) is 0 Å². The van der Waals surface area contributed by atoms with Crippen molar-refractivity contribution in [3.8, 4) is 0 Å². The average Bonchev–Trinajstić information content (AvgIpc) is 2.63. The Morgan fingerprint density at radius 1 is 0.926 bits per heavy atom. The smallest absolute Gasteiger partial charge is 0.254 e. The first-order valence-corrected chi connectivity index (χ1v) is 10.1. The molecule has 0 atom stereocenters. The molecule has 1 saturated heterocycles. The second-order valence-electron chi connectivity index (χ2n) is 5.90. The van der Waals surface area contributed by atoms with Gasteiger partial charge < -0.3 is 4.90 Å². The molecule has 0 saturated carbocycles. The Labute approximate surface area is 162 Å². The van der Waals surface area contributed by atoms with Gasteiger partial charge in [0.05, 0.1) is 4.47 Å². The highest BCUT2D eigenvalue weighted by Crippen LogP contribution is 2.22. The van der Waals surface area contributed by atoms with Crippen LogP contribution in [-0.2, 0) is 10.0 Å². The van der Waals surface area contributed by atoms with Crippen molar-refractivity contribution in [3.63, 3.8) is 0 Å². The maximum Gasteiger partial charge on any atom is 0.254 e. The molecule has 1 fully saturated rings. The van der Waals surface area contributed by atoms with E-state index in [0.29, 0.717) is 6.07 Å².